The first-order chi connectivity index (χ1) is 9.15. The molecule has 1 aromatic carbocycles. The summed E-state index contributed by atoms with van der Waals surface area (Å²) in [7, 11) is 0. The van der Waals surface area contributed by atoms with Gasteiger partial charge >= 0.3 is 6.03 Å². The van der Waals surface area contributed by atoms with Crippen LogP contribution >= 0.6 is 22.6 Å². The molecule has 0 saturated carbocycles. The Labute approximate surface area is 125 Å². The molecule has 1 heterocycles. The van der Waals surface area contributed by atoms with Gasteiger partial charge in [-0.15, -0.1) is 0 Å². The molecule has 0 spiro atoms. The van der Waals surface area contributed by atoms with Crippen LogP contribution in [0.5, 0.6) is 0 Å². The van der Waals surface area contributed by atoms with Gasteiger partial charge in [-0.2, -0.15) is 0 Å². The predicted octanol–water partition coefficient (Wildman–Crippen LogP) is 3.57. The van der Waals surface area contributed by atoms with E-state index in [4.69, 9.17) is 0 Å². The van der Waals surface area contributed by atoms with E-state index in [1.165, 1.54) is 0 Å². The highest BCUT2D eigenvalue weighted by molar-refractivity contribution is 14.1. The fraction of sp³-hybridized carbons (Fsp3) is 0.143. The molecule has 2 amide bonds. The van der Waals surface area contributed by atoms with Crippen molar-refractivity contribution in [3.63, 3.8) is 0 Å². The van der Waals surface area contributed by atoms with E-state index in [0.717, 1.165) is 15.0 Å². The van der Waals surface area contributed by atoms with Crippen LogP contribution in [0.2, 0.25) is 0 Å². The van der Waals surface area contributed by atoms with Crippen molar-refractivity contribution < 1.29 is 4.79 Å². The summed E-state index contributed by atoms with van der Waals surface area (Å²) in [6, 6.07) is 12.9. The van der Waals surface area contributed by atoms with Crippen molar-refractivity contribution in [3.8, 4) is 0 Å². The fourth-order valence-corrected chi connectivity index (χ4v) is 2.18. The zero-order chi connectivity index (χ0) is 13.7. The summed E-state index contributed by atoms with van der Waals surface area (Å²) in [6.45, 7) is 1.90. The van der Waals surface area contributed by atoms with E-state index < -0.39 is 0 Å². The van der Waals surface area contributed by atoms with Crippen LogP contribution < -0.4 is 10.6 Å². The van der Waals surface area contributed by atoms with Gasteiger partial charge in [0.1, 0.15) is 0 Å². The minimum absolute atomic E-state index is 0.135. The monoisotopic (exact) mass is 367 g/mol. The van der Waals surface area contributed by atoms with Gasteiger partial charge in [-0.3, -0.25) is 4.98 Å². The van der Waals surface area contributed by atoms with E-state index in [-0.39, 0.29) is 12.1 Å². The summed E-state index contributed by atoms with van der Waals surface area (Å²) in [5.41, 5.74) is 1.61. The van der Waals surface area contributed by atoms with Crippen LogP contribution in [0.15, 0.2) is 48.7 Å². The molecule has 0 radical (unpaired) electrons. The Morgan fingerprint density at radius 3 is 2.79 bits per heavy atom. The van der Waals surface area contributed by atoms with E-state index in [1.54, 1.807) is 6.20 Å². The Bertz CT molecular complexity index is 560. The van der Waals surface area contributed by atoms with Crippen LogP contribution in [-0.4, -0.2) is 11.0 Å². The number of benzene rings is 1. The number of amides is 2. The third kappa shape index (κ3) is 4.20. The van der Waals surface area contributed by atoms with Crippen LogP contribution in [0.4, 0.5) is 10.5 Å². The van der Waals surface area contributed by atoms with Gasteiger partial charge in [-0.1, -0.05) is 12.1 Å². The molecule has 5 heteroatoms. The highest BCUT2D eigenvalue weighted by Crippen LogP contribution is 2.13. The maximum atomic E-state index is 11.9. The van der Waals surface area contributed by atoms with E-state index in [0.29, 0.717) is 0 Å². The minimum Gasteiger partial charge on any atom is -0.330 e. The smallest absolute Gasteiger partial charge is 0.319 e. The van der Waals surface area contributed by atoms with Gasteiger partial charge in [0.25, 0.3) is 0 Å². The van der Waals surface area contributed by atoms with Crippen molar-refractivity contribution in [3.05, 3.63) is 57.9 Å². The second-order valence-electron chi connectivity index (χ2n) is 4.09. The summed E-state index contributed by atoms with van der Waals surface area (Å²) in [4.78, 5) is 16.1. The highest BCUT2D eigenvalue weighted by Gasteiger charge is 2.10. The van der Waals surface area contributed by atoms with Crippen molar-refractivity contribution in [1.29, 1.82) is 0 Å². The lowest BCUT2D eigenvalue weighted by atomic mass is 10.2. The number of nitrogens with one attached hydrogen (secondary N) is 2. The zero-order valence-corrected chi connectivity index (χ0v) is 12.6. The number of carbonyl (C=O) groups is 1. The highest BCUT2D eigenvalue weighted by atomic mass is 127. The second kappa shape index (κ2) is 6.51. The lowest BCUT2D eigenvalue weighted by molar-refractivity contribution is 0.249. The van der Waals surface area contributed by atoms with Crippen molar-refractivity contribution in [2.45, 2.75) is 13.0 Å². The van der Waals surface area contributed by atoms with Gasteiger partial charge < -0.3 is 10.6 Å². The van der Waals surface area contributed by atoms with Gasteiger partial charge in [0.05, 0.1) is 11.7 Å². The topological polar surface area (TPSA) is 54.0 Å². The Hall–Kier alpha value is -1.63. The number of nitrogens with zero attached hydrogens (tertiary/aromatic N) is 1. The minimum atomic E-state index is -0.236. The first-order valence-corrected chi connectivity index (χ1v) is 6.97. The Morgan fingerprint density at radius 2 is 2.11 bits per heavy atom. The first-order valence-electron chi connectivity index (χ1n) is 5.89. The number of aromatic nitrogens is 1. The van der Waals surface area contributed by atoms with E-state index in [2.05, 4.69) is 38.2 Å². The van der Waals surface area contributed by atoms with Gasteiger partial charge in [0.2, 0.25) is 0 Å². The van der Waals surface area contributed by atoms with Crippen molar-refractivity contribution >= 4 is 34.3 Å². The number of hydrogen-bond donors (Lipinski definition) is 2. The molecule has 1 aromatic heterocycles. The molecule has 0 fully saturated rings. The molecular weight excluding hydrogens is 353 g/mol. The Morgan fingerprint density at radius 1 is 1.26 bits per heavy atom. The molecule has 0 aliphatic carbocycles. The normalized spacial score (nSPS) is 11.7. The predicted molar refractivity (Wildman–Crippen MR) is 84.0 cm³/mol. The lowest BCUT2D eigenvalue weighted by Gasteiger charge is -2.14. The lowest BCUT2D eigenvalue weighted by Crippen LogP contribution is -2.31. The third-order valence-electron chi connectivity index (χ3n) is 2.56. The molecule has 0 unspecified atom stereocenters. The molecule has 1 atom stereocenters. The number of anilines is 1. The molecule has 2 aromatic rings. The number of pyridine rings is 1. The summed E-state index contributed by atoms with van der Waals surface area (Å²) in [5.74, 6) is 0. The van der Waals surface area contributed by atoms with Crippen molar-refractivity contribution in [2.75, 3.05) is 5.32 Å². The van der Waals surface area contributed by atoms with Crippen molar-refractivity contribution in [1.82, 2.24) is 10.3 Å². The zero-order valence-electron chi connectivity index (χ0n) is 10.4. The molecule has 4 nitrogen and oxygen atoms in total. The number of carbonyl (C=O) groups excluding carboxylic acids is 1. The molecule has 0 saturated heterocycles. The van der Waals surface area contributed by atoms with Gasteiger partial charge in [-0.05, 0) is 59.8 Å². The van der Waals surface area contributed by atoms with Gasteiger partial charge in [-0.25, -0.2) is 4.79 Å². The largest absolute Gasteiger partial charge is 0.330 e. The number of urea groups is 1. The Balaban J connectivity index is 1.95. The van der Waals surface area contributed by atoms with E-state index >= 15 is 0 Å². The summed E-state index contributed by atoms with van der Waals surface area (Å²) < 4.78 is 1.08. The summed E-state index contributed by atoms with van der Waals surface area (Å²) in [5, 5.41) is 5.65. The summed E-state index contributed by atoms with van der Waals surface area (Å²) in [6.07, 6.45) is 1.71. The number of hydrogen-bond acceptors (Lipinski definition) is 2. The van der Waals surface area contributed by atoms with Crippen LogP contribution in [0.1, 0.15) is 18.7 Å². The van der Waals surface area contributed by atoms with Gasteiger partial charge in [0.15, 0.2) is 0 Å². The van der Waals surface area contributed by atoms with Crippen molar-refractivity contribution in [2.24, 2.45) is 0 Å². The number of halogens is 1. The van der Waals surface area contributed by atoms with Gasteiger partial charge in [0, 0.05) is 15.5 Å². The third-order valence-corrected chi connectivity index (χ3v) is 3.23. The Kier molecular flexibility index (Phi) is 4.73. The summed E-state index contributed by atoms with van der Waals surface area (Å²) >= 11 is 2.21. The standard InChI is InChI=1S/C14H14IN3O/c1-10(13-7-2-3-8-16-13)17-14(19)18-12-6-4-5-11(15)9-12/h2-10H,1H3,(H2,17,18,19)/t10-/m0/s1. The maximum absolute atomic E-state index is 11.9. The molecule has 19 heavy (non-hydrogen) atoms. The van der Waals surface area contributed by atoms with Crippen LogP contribution in [0.25, 0.3) is 0 Å². The molecule has 2 rings (SSSR count). The second-order valence-corrected chi connectivity index (χ2v) is 5.33. The fourth-order valence-electron chi connectivity index (χ4n) is 1.64. The molecule has 0 bridgehead atoms. The number of rotatable bonds is 3. The average molecular weight is 367 g/mol. The molecule has 0 aliphatic heterocycles. The quantitative estimate of drug-likeness (QED) is 0.815. The molecular formula is C14H14IN3O. The first kappa shape index (κ1) is 13.8. The van der Waals surface area contributed by atoms with Crippen LogP contribution in [-0.2, 0) is 0 Å². The average Bonchev–Trinajstić information content (AvgIpc) is 2.39. The van der Waals surface area contributed by atoms with Crippen LogP contribution in [0.3, 0.4) is 0 Å². The SMILES string of the molecule is C[C@H](NC(=O)Nc1cccc(I)c1)c1ccccn1. The van der Waals surface area contributed by atoms with E-state index in [1.807, 2.05) is 49.4 Å². The maximum Gasteiger partial charge on any atom is 0.319 e. The molecule has 98 valence electrons. The molecule has 2 N–H and O–H groups in total. The van der Waals surface area contributed by atoms with E-state index in [9.17, 15) is 4.79 Å². The molecule has 0 aliphatic rings. The van der Waals surface area contributed by atoms with Crippen LogP contribution in [0, 0.1) is 3.57 Å².